The van der Waals surface area contributed by atoms with Crippen LogP contribution in [0.5, 0.6) is 0 Å². The maximum atomic E-state index is 4.94. The number of nitrogens with zero attached hydrogens (tertiary/aromatic N) is 3. The molecule has 2 rings (SSSR count). The van der Waals surface area contributed by atoms with Crippen molar-refractivity contribution >= 4 is 17.0 Å². The highest BCUT2D eigenvalue weighted by Gasteiger charge is 1.99. The van der Waals surface area contributed by atoms with Gasteiger partial charge in [0.2, 0.25) is 5.95 Å². The first-order chi connectivity index (χ1) is 8.90. The third-order valence-corrected chi connectivity index (χ3v) is 2.43. The van der Waals surface area contributed by atoms with E-state index >= 15 is 0 Å². The lowest BCUT2D eigenvalue weighted by Crippen LogP contribution is -2.25. The molecule has 0 aliphatic heterocycles. The average molecular weight is 247 g/mol. The van der Waals surface area contributed by atoms with Crippen LogP contribution in [0.1, 0.15) is 0 Å². The number of rotatable bonds is 7. The largest absolute Gasteiger partial charge is 0.383 e. The molecule has 6 nitrogen and oxygen atoms in total. The maximum Gasteiger partial charge on any atom is 0.243 e. The van der Waals surface area contributed by atoms with Gasteiger partial charge in [-0.2, -0.15) is 0 Å². The Kier molecular flexibility index (Phi) is 4.80. The zero-order chi connectivity index (χ0) is 12.6. The predicted octanol–water partition coefficient (Wildman–Crippen LogP) is 0.673. The average Bonchev–Trinajstić information content (AvgIpc) is 2.42. The highest BCUT2D eigenvalue weighted by atomic mass is 16.5. The van der Waals surface area contributed by atoms with Crippen LogP contribution in [0.25, 0.3) is 11.0 Å². The number of methoxy groups -OCH3 is 1. The number of benzene rings is 1. The molecular weight excluding hydrogens is 230 g/mol. The zero-order valence-corrected chi connectivity index (χ0v) is 10.4. The first-order valence-electron chi connectivity index (χ1n) is 5.93. The Morgan fingerprint density at radius 2 is 1.89 bits per heavy atom. The maximum absolute atomic E-state index is 4.94. The Bertz CT molecular complexity index is 491. The molecule has 0 amide bonds. The SMILES string of the molecule is COCCNCCNc1nnc2ccccc2n1. The van der Waals surface area contributed by atoms with E-state index in [9.17, 15) is 0 Å². The minimum atomic E-state index is 0.558. The van der Waals surface area contributed by atoms with Crippen molar-refractivity contribution in [2.24, 2.45) is 0 Å². The molecule has 2 aromatic rings. The Labute approximate surface area is 106 Å². The third-order valence-electron chi connectivity index (χ3n) is 2.43. The summed E-state index contributed by atoms with van der Waals surface area (Å²) in [5, 5.41) is 14.5. The van der Waals surface area contributed by atoms with E-state index < -0.39 is 0 Å². The van der Waals surface area contributed by atoms with Crippen LogP contribution in [0.2, 0.25) is 0 Å². The van der Waals surface area contributed by atoms with Gasteiger partial charge in [0.25, 0.3) is 0 Å². The zero-order valence-electron chi connectivity index (χ0n) is 10.4. The molecule has 1 heterocycles. The van der Waals surface area contributed by atoms with E-state index in [1.54, 1.807) is 7.11 Å². The molecule has 0 bridgehead atoms. The van der Waals surface area contributed by atoms with Crippen molar-refractivity contribution in [2.75, 3.05) is 38.7 Å². The molecule has 0 saturated heterocycles. The molecule has 0 aliphatic carbocycles. The van der Waals surface area contributed by atoms with Crippen molar-refractivity contribution in [1.29, 1.82) is 0 Å². The summed E-state index contributed by atoms with van der Waals surface area (Å²) in [5.41, 5.74) is 1.66. The van der Waals surface area contributed by atoms with Gasteiger partial charge >= 0.3 is 0 Å². The second-order valence-corrected chi connectivity index (χ2v) is 3.79. The molecular formula is C12H17N5O. The summed E-state index contributed by atoms with van der Waals surface area (Å²) in [6.45, 7) is 3.15. The van der Waals surface area contributed by atoms with Gasteiger partial charge < -0.3 is 15.4 Å². The van der Waals surface area contributed by atoms with Crippen LogP contribution in [-0.2, 0) is 4.74 Å². The molecule has 0 radical (unpaired) electrons. The van der Waals surface area contributed by atoms with Gasteiger partial charge in [-0.1, -0.05) is 12.1 Å². The predicted molar refractivity (Wildman–Crippen MR) is 70.6 cm³/mol. The number of hydrogen-bond donors (Lipinski definition) is 2. The van der Waals surface area contributed by atoms with Gasteiger partial charge in [-0.05, 0) is 12.1 Å². The quantitative estimate of drug-likeness (QED) is 0.701. The molecule has 6 heteroatoms. The van der Waals surface area contributed by atoms with Crippen molar-refractivity contribution in [3.05, 3.63) is 24.3 Å². The van der Waals surface area contributed by atoms with Crippen LogP contribution in [0.4, 0.5) is 5.95 Å². The fourth-order valence-corrected chi connectivity index (χ4v) is 1.52. The van der Waals surface area contributed by atoms with Gasteiger partial charge in [0.1, 0.15) is 5.52 Å². The van der Waals surface area contributed by atoms with Crippen molar-refractivity contribution < 1.29 is 4.74 Å². The van der Waals surface area contributed by atoms with E-state index in [4.69, 9.17) is 4.74 Å². The van der Waals surface area contributed by atoms with Gasteiger partial charge in [0.05, 0.1) is 12.1 Å². The smallest absolute Gasteiger partial charge is 0.243 e. The monoisotopic (exact) mass is 247 g/mol. The number of nitrogens with one attached hydrogen (secondary N) is 2. The highest BCUT2D eigenvalue weighted by molar-refractivity contribution is 5.73. The summed E-state index contributed by atoms with van der Waals surface area (Å²) in [6, 6.07) is 7.68. The Morgan fingerprint density at radius 3 is 2.72 bits per heavy atom. The third kappa shape index (κ3) is 3.61. The number of hydrogen-bond acceptors (Lipinski definition) is 6. The second kappa shape index (κ2) is 6.83. The number of aromatic nitrogens is 3. The number of anilines is 1. The van der Waals surface area contributed by atoms with E-state index in [-0.39, 0.29) is 0 Å². The summed E-state index contributed by atoms with van der Waals surface area (Å²) in [5.74, 6) is 0.558. The van der Waals surface area contributed by atoms with E-state index in [1.807, 2.05) is 24.3 Å². The lowest BCUT2D eigenvalue weighted by molar-refractivity contribution is 0.200. The van der Waals surface area contributed by atoms with Gasteiger partial charge in [0.15, 0.2) is 0 Å². The van der Waals surface area contributed by atoms with Gasteiger partial charge in [-0.3, -0.25) is 0 Å². The Balaban J connectivity index is 1.81. The summed E-state index contributed by atoms with van der Waals surface area (Å²) in [7, 11) is 1.69. The van der Waals surface area contributed by atoms with Crippen LogP contribution >= 0.6 is 0 Å². The molecule has 0 unspecified atom stereocenters. The fourth-order valence-electron chi connectivity index (χ4n) is 1.52. The van der Waals surface area contributed by atoms with Crippen molar-refractivity contribution in [3.63, 3.8) is 0 Å². The fraction of sp³-hybridized carbons (Fsp3) is 0.417. The van der Waals surface area contributed by atoms with Gasteiger partial charge in [-0.25, -0.2) is 4.98 Å². The van der Waals surface area contributed by atoms with Crippen LogP contribution < -0.4 is 10.6 Å². The molecule has 0 spiro atoms. The summed E-state index contributed by atoms with van der Waals surface area (Å²) >= 11 is 0. The first-order valence-corrected chi connectivity index (χ1v) is 5.93. The summed E-state index contributed by atoms with van der Waals surface area (Å²) in [6.07, 6.45) is 0. The molecule has 1 aromatic heterocycles. The van der Waals surface area contributed by atoms with E-state index in [2.05, 4.69) is 25.8 Å². The lowest BCUT2D eigenvalue weighted by Gasteiger charge is -2.06. The van der Waals surface area contributed by atoms with Crippen LogP contribution in [0, 0.1) is 0 Å². The van der Waals surface area contributed by atoms with E-state index in [1.165, 1.54) is 0 Å². The number of fused-ring (bicyclic) bond motifs is 1. The van der Waals surface area contributed by atoms with E-state index in [0.29, 0.717) is 12.6 Å². The molecule has 0 fully saturated rings. The summed E-state index contributed by atoms with van der Waals surface area (Å²) in [4.78, 5) is 4.37. The molecule has 1 aromatic carbocycles. The van der Waals surface area contributed by atoms with Crippen molar-refractivity contribution in [2.45, 2.75) is 0 Å². The highest BCUT2D eigenvalue weighted by Crippen LogP contribution is 2.08. The molecule has 2 N–H and O–H groups in total. The molecule has 0 saturated carbocycles. The van der Waals surface area contributed by atoms with Gasteiger partial charge in [-0.15, -0.1) is 10.2 Å². The minimum absolute atomic E-state index is 0.558. The number of ether oxygens (including phenoxy) is 1. The number of para-hydroxylation sites is 1. The van der Waals surface area contributed by atoms with Crippen molar-refractivity contribution in [3.8, 4) is 0 Å². The molecule has 96 valence electrons. The summed E-state index contributed by atoms with van der Waals surface area (Å²) < 4.78 is 4.94. The Hall–Kier alpha value is -1.79. The van der Waals surface area contributed by atoms with Crippen molar-refractivity contribution in [1.82, 2.24) is 20.5 Å². The van der Waals surface area contributed by atoms with E-state index in [0.717, 1.165) is 30.7 Å². The van der Waals surface area contributed by atoms with Crippen LogP contribution in [0.15, 0.2) is 24.3 Å². The van der Waals surface area contributed by atoms with Crippen LogP contribution in [0.3, 0.4) is 0 Å². The lowest BCUT2D eigenvalue weighted by atomic mass is 10.3. The molecule has 0 atom stereocenters. The second-order valence-electron chi connectivity index (χ2n) is 3.79. The molecule has 18 heavy (non-hydrogen) atoms. The molecule has 0 aliphatic rings. The van der Waals surface area contributed by atoms with Gasteiger partial charge in [0, 0.05) is 26.7 Å². The Morgan fingerprint density at radius 1 is 1.06 bits per heavy atom. The first kappa shape index (κ1) is 12.7. The standard InChI is InChI=1S/C12H17N5O/c1-18-9-8-13-6-7-14-12-15-10-4-2-3-5-11(10)16-17-12/h2-5,13H,6-9H2,1H3,(H,14,15,17). The topological polar surface area (TPSA) is 72.0 Å². The minimum Gasteiger partial charge on any atom is -0.383 e. The van der Waals surface area contributed by atoms with Crippen LogP contribution in [-0.4, -0.2) is 48.5 Å². The normalized spacial score (nSPS) is 10.7.